The molecular formula is C19H29N7O2. The maximum Gasteiger partial charge on any atom is 0.323 e. The number of urea groups is 1. The molecule has 1 unspecified atom stereocenters. The lowest BCUT2D eigenvalue weighted by Gasteiger charge is -2.26. The van der Waals surface area contributed by atoms with E-state index in [1.807, 2.05) is 35.0 Å². The van der Waals surface area contributed by atoms with Crippen LogP contribution in [-0.4, -0.2) is 80.6 Å². The van der Waals surface area contributed by atoms with Gasteiger partial charge in [0.25, 0.3) is 0 Å². The highest BCUT2D eigenvalue weighted by molar-refractivity contribution is 5.88. The average molecular weight is 387 g/mol. The molecule has 2 amide bonds. The number of ether oxygens (including phenoxy) is 1. The average Bonchev–Trinajstić information content (AvgIpc) is 3.44. The molecule has 4 rings (SSSR count). The van der Waals surface area contributed by atoms with Gasteiger partial charge in [0.1, 0.15) is 5.82 Å². The van der Waals surface area contributed by atoms with Gasteiger partial charge in [-0.1, -0.05) is 0 Å². The third kappa shape index (κ3) is 4.53. The summed E-state index contributed by atoms with van der Waals surface area (Å²) < 4.78 is 9.37. The Kier molecular flexibility index (Phi) is 5.92. The van der Waals surface area contributed by atoms with Gasteiger partial charge in [-0.2, -0.15) is 5.10 Å². The van der Waals surface area contributed by atoms with E-state index in [0.29, 0.717) is 5.82 Å². The molecule has 1 N–H and O–H groups in total. The molecule has 2 fully saturated rings. The van der Waals surface area contributed by atoms with Crippen molar-refractivity contribution in [1.29, 1.82) is 0 Å². The Hall–Kier alpha value is -2.39. The van der Waals surface area contributed by atoms with Crippen LogP contribution in [0.2, 0.25) is 0 Å². The monoisotopic (exact) mass is 387 g/mol. The largest absolute Gasteiger partial charge is 0.379 e. The fraction of sp³-hybridized carbons (Fsp3) is 0.632. The van der Waals surface area contributed by atoms with Crippen LogP contribution in [0.4, 0.5) is 10.6 Å². The predicted octanol–water partition coefficient (Wildman–Crippen LogP) is 1.42. The molecular weight excluding hydrogens is 358 g/mol. The lowest BCUT2D eigenvalue weighted by molar-refractivity contribution is 0.0360. The molecule has 2 aliphatic heterocycles. The Bertz CT molecular complexity index is 781. The summed E-state index contributed by atoms with van der Waals surface area (Å²) in [5.74, 6) is 1.59. The van der Waals surface area contributed by atoms with E-state index >= 15 is 0 Å². The summed E-state index contributed by atoms with van der Waals surface area (Å²) in [7, 11) is 0. The summed E-state index contributed by atoms with van der Waals surface area (Å²) in [5.41, 5.74) is 0. The highest BCUT2D eigenvalue weighted by Gasteiger charge is 2.29. The van der Waals surface area contributed by atoms with Crippen LogP contribution in [0.25, 0.3) is 0 Å². The molecule has 2 aromatic heterocycles. The molecule has 0 saturated carbocycles. The van der Waals surface area contributed by atoms with E-state index in [1.54, 1.807) is 6.20 Å². The summed E-state index contributed by atoms with van der Waals surface area (Å²) in [6.07, 6.45) is 7.74. The summed E-state index contributed by atoms with van der Waals surface area (Å²) in [5, 5.41) is 7.47. The van der Waals surface area contributed by atoms with E-state index in [0.717, 1.165) is 71.1 Å². The fourth-order valence-electron chi connectivity index (χ4n) is 3.92. The number of anilines is 1. The minimum absolute atomic E-state index is 0.0707. The number of hydrogen-bond donors (Lipinski definition) is 1. The lowest BCUT2D eigenvalue weighted by Crippen LogP contribution is -2.41. The smallest absolute Gasteiger partial charge is 0.323 e. The first-order valence-electron chi connectivity index (χ1n) is 10.1. The Morgan fingerprint density at radius 2 is 2.11 bits per heavy atom. The maximum absolute atomic E-state index is 12.8. The SMILES string of the molecule is Cc1nccn1CC1CCCN1C(=O)Nc1ccn(CCN2CCOCC2)n1. The molecule has 28 heavy (non-hydrogen) atoms. The number of rotatable bonds is 6. The minimum Gasteiger partial charge on any atom is -0.379 e. The summed E-state index contributed by atoms with van der Waals surface area (Å²) in [6.45, 7) is 8.85. The van der Waals surface area contributed by atoms with Gasteiger partial charge in [-0.3, -0.25) is 14.9 Å². The molecule has 0 aromatic carbocycles. The van der Waals surface area contributed by atoms with Gasteiger partial charge < -0.3 is 14.2 Å². The Morgan fingerprint density at radius 3 is 2.89 bits per heavy atom. The van der Waals surface area contributed by atoms with Gasteiger partial charge in [-0.25, -0.2) is 9.78 Å². The standard InChI is InChI=1S/C19H29N7O2/c1-16-20-5-8-24(16)15-17-3-2-6-26(17)19(27)21-18-4-7-25(22-18)10-9-23-11-13-28-14-12-23/h4-5,7-8,17H,2-3,6,9-15H2,1H3,(H,21,22,27). The molecule has 0 aliphatic carbocycles. The van der Waals surface area contributed by atoms with E-state index in [9.17, 15) is 4.79 Å². The third-order valence-electron chi connectivity index (χ3n) is 5.59. The van der Waals surface area contributed by atoms with Crippen LogP contribution >= 0.6 is 0 Å². The second kappa shape index (κ2) is 8.74. The number of hydrogen-bond acceptors (Lipinski definition) is 5. The van der Waals surface area contributed by atoms with Crippen LogP contribution in [0.1, 0.15) is 18.7 Å². The molecule has 9 nitrogen and oxygen atoms in total. The molecule has 4 heterocycles. The van der Waals surface area contributed by atoms with Crippen molar-refractivity contribution in [2.24, 2.45) is 0 Å². The second-order valence-electron chi connectivity index (χ2n) is 7.46. The van der Waals surface area contributed by atoms with E-state index in [-0.39, 0.29) is 12.1 Å². The Labute approximate surface area is 165 Å². The number of morpholine rings is 1. The highest BCUT2D eigenvalue weighted by atomic mass is 16.5. The van der Waals surface area contributed by atoms with Crippen molar-refractivity contribution < 1.29 is 9.53 Å². The maximum atomic E-state index is 12.8. The van der Waals surface area contributed by atoms with Crippen molar-refractivity contribution in [2.45, 2.75) is 38.9 Å². The number of nitrogens with zero attached hydrogens (tertiary/aromatic N) is 6. The number of aryl methyl sites for hydroxylation is 1. The van der Waals surface area contributed by atoms with Gasteiger partial charge in [-0.15, -0.1) is 0 Å². The number of imidazole rings is 1. The van der Waals surface area contributed by atoms with E-state index in [4.69, 9.17) is 4.74 Å². The number of nitrogens with one attached hydrogen (secondary N) is 1. The minimum atomic E-state index is -0.0707. The summed E-state index contributed by atoms with van der Waals surface area (Å²) >= 11 is 0. The van der Waals surface area contributed by atoms with Crippen LogP contribution < -0.4 is 5.32 Å². The van der Waals surface area contributed by atoms with Crippen molar-refractivity contribution in [3.05, 3.63) is 30.5 Å². The van der Waals surface area contributed by atoms with Crippen molar-refractivity contribution in [3.8, 4) is 0 Å². The van der Waals surface area contributed by atoms with E-state index in [2.05, 4.69) is 24.9 Å². The molecule has 0 bridgehead atoms. The van der Waals surface area contributed by atoms with E-state index in [1.165, 1.54) is 0 Å². The number of carbonyl (C=O) groups excluding carboxylic acids is 1. The van der Waals surface area contributed by atoms with Gasteiger partial charge in [0.2, 0.25) is 0 Å². The summed E-state index contributed by atoms with van der Waals surface area (Å²) in [4.78, 5) is 21.3. The first kappa shape index (κ1) is 18.9. The molecule has 0 spiro atoms. The summed E-state index contributed by atoms with van der Waals surface area (Å²) in [6, 6.07) is 1.98. The molecule has 9 heteroatoms. The van der Waals surface area contributed by atoms with Crippen molar-refractivity contribution in [2.75, 3.05) is 44.7 Å². The fourth-order valence-corrected chi connectivity index (χ4v) is 3.92. The zero-order chi connectivity index (χ0) is 19.3. The quantitative estimate of drug-likeness (QED) is 0.811. The predicted molar refractivity (Wildman–Crippen MR) is 105 cm³/mol. The van der Waals surface area contributed by atoms with Gasteiger partial charge in [0.15, 0.2) is 5.82 Å². The zero-order valence-corrected chi connectivity index (χ0v) is 16.5. The van der Waals surface area contributed by atoms with Crippen LogP contribution in [0.3, 0.4) is 0 Å². The van der Waals surface area contributed by atoms with Gasteiger partial charge in [-0.05, 0) is 19.8 Å². The van der Waals surface area contributed by atoms with Crippen molar-refractivity contribution in [3.63, 3.8) is 0 Å². The Balaban J connectivity index is 1.29. The zero-order valence-electron chi connectivity index (χ0n) is 16.5. The Morgan fingerprint density at radius 1 is 1.25 bits per heavy atom. The van der Waals surface area contributed by atoms with E-state index < -0.39 is 0 Å². The third-order valence-corrected chi connectivity index (χ3v) is 5.59. The molecule has 152 valence electrons. The molecule has 1 atom stereocenters. The molecule has 2 aliphatic rings. The van der Waals surface area contributed by atoms with Crippen molar-refractivity contribution >= 4 is 11.8 Å². The second-order valence-corrected chi connectivity index (χ2v) is 7.46. The van der Waals surface area contributed by atoms with Crippen molar-refractivity contribution in [1.82, 2.24) is 29.1 Å². The lowest BCUT2D eigenvalue weighted by atomic mass is 10.2. The number of carbonyl (C=O) groups is 1. The van der Waals surface area contributed by atoms with Crippen LogP contribution in [0.15, 0.2) is 24.7 Å². The highest BCUT2D eigenvalue weighted by Crippen LogP contribution is 2.20. The van der Waals surface area contributed by atoms with Gasteiger partial charge >= 0.3 is 6.03 Å². The first-order chi connectivity index (χ1) is 13.7. The first-order valence-corrected chi connectivity index (χ1v) is 10.1. The number of amides is 2. The van der Waals surface area contributed by atoms with Crippen LogP contribution in [-0.2, 0) is 17.8 Å². The number of aromatic nitrogens is 4. The van der Waals surface area contributed by atoms with Gasteiger partial charge in [0.05, 0.1) is 25.8 Å². The normalized spacial score (nSPS) is 20.6. The topological polar surface area (TPSA) is 80.5 Å². The van der Waals surface area contributed by atoms with Crippen LogP contribution in [0, 0.1) is 6.92 Å². The van der Waals surface area contributed by atoms with Gasteiger partial charge in [0, 0.05) is 57.4 Å². The molecule has 0 radical (unpaired) electrons. The molecule has 2 aromatic rings. The van der Waals surface area contributed by atoms with Crippen LogP contribution in [0.5, 0.6) is 0 Å². The molecule has 2 saturated heterocycles. The number of likely N-dealkylation sites (tertiary alicyclic amines) is 1.